The quantitative estimate of drug-likeness (QED) is 0.0889. The highest BCUT2D eigenvalue weighted by Crippen LogP contribution is 2.37. The molecule has 4 aromatic carbocycles. The van der Waals surface area contributed by atoms with Gasteiger partial charge in [0.2, 0.25) is 11.8 Å². The number of hydrogen-bond acceptors (Lipinski definition) is 8. The third kappa shape index (κ3) is 8.50. The van der Waals surface area contributed by atoms with Crippen LogP contribution in [0.15, 0.2) is 97.1 Å². The number of hydrogen-bond donors (Lipinski definition) is 3. The van der Waals surface area contributed by atoms with Crippen molar-refractivity contribution in [2.75, 3.05) is 42.5 Å². The van der Waals surface area contributed by atoms with Crippen LogP contribution in [0.2, 0.25) is 0 Å². The molecule has 1 radical (unpaired) electrons. The average Bonchev–Trinajstić information content (AvgIpc) is 3.58. The molecule has 1 atom stereocenters. The van der Waals surface area contributed by atoms with Crippen LogP contribution in [0.25, 0.3) is 11.1 Å². The van der Waals surface area contributed by atoms with E-state index in [-0.39, 0.29) is 24.1 Å². The number of fused-ring (bicyclic) bond motifs is 1. The van der Waals surface area contributed by atoms with Gasteiger partial charge in [0.05, 0.1) is 0 Å². The van der Waals surface area contributed by atoms with E-state index in [0.29, 0.717) is 43.9 Å². The number of anilines is 2. The maximum absolute atomic E-state index is 13.4. The van der Waals surface area contributed by atoms with Crippen molar-refractivity contribution in [1.29, 1.82) is 0 Å². The molecule has 0 bridgehead atoms. The fourth-order valence-corrected chi connectivity index (χ4v) is 9.09. The molecule has 3 N–H and O–H groups in total. The third-order valence-electron chi connectivity index (χ3n) is 12.3. The fourth-order valence-electron chi connectivity index (χ4n) is 9.09. The number of carbonyl (C=O) groups excluding carboxylic acids is 3. The molecule has 0 saturated carbocycles. The number of nitrogens with zero attached hydrogens (tertiary/aromatic N) is 3. The summed E-state index contributed by atoms with van der Waals surface area (Å²) in [5.74, 6) is 0.473. The summed E-state index contributed by atoms with van der Waals surface area (Å²) in [5.41, 5.74) is 9.90. The highest BCUT2D eigenvalue weighted by Gasteiger charge is 2.39. The molecule has 0 aliphatic carbocycles. The van der Waals surface area contributed by atoms with E-state index >= 15 is 0 Å². The Hall–Kier alpha value is -5.39. The second-order valence-electron chi connectivity index (χ2n) is 15.7. The molecule has 0 spiro atoms. The molecule has 10 nitrogen and oxygen atoms in total. The minimum atomic E-state index is -0.591. The van der Waals surface area contributed by atoms with Gasteiger partial charge >= 0.3 is 7.69 Å². The molecule has 4 aliphatic rings. The first-order valence-corrected chi connectivity index (χ1v) is 20.5. The molecule has 3 fully saturated rings. The van der Waals surface area contributed by atoms with Crippen molar-refractivity contribution in [1.82, 2.24) is 15.5 Å². The van der Waals surface area contributed by atoms with Crippen LogP contribution in [0.1, 0.15) is 84.5 Å². The van der Waals surface area contributed by atoms with E-state index in [9.17, 15) is 14.4 Å². The van der Waals surface area contributed by atoms with Crippen molar-refractivity contribution in [3.8, 4) is 5.75 Å². The molecule has 3 saturated heterocycles. The van der Waals surface area contributed by atoms with Gasteiger partial charge in [-0.3, -0.25) is 19.7 Å². The SMILES string of the molecule is CC/C(=C(/c1ccc(O[B]O)cc1)c1ccc(N2CCC(CNC3CCN(c4ccc5c(c4)C(=O)N(C4CCC(=O)NC4=O)C5)CC3)CC2)cc1)c1ccccc1. The molecule has 11 heteroatoms. The first-order chi connectivity index (χ1) is 27.9. The summed E-state index contributed by atoms with van der Waals surface area (Å²) in [7, 11) is 0.710. The second kappa shape index (κ2) is 17.4. The van der Waals surface area contributed by atoms with Gasteiger partial charge in [-0.05, 0) is 121 Å². The molecule has 4 aliphatic heterocycles. The lowest BCUT2D eigenvalue weighted by Crippen LogP contribution is -2.52. The van der Waals surface area contributed by atoms with Crippen molar-refractivity contribution in [2.24, 2.45) is 5.92 Å². The molecule has 8 rings (SSSR count). The minimum Gasteiger partial charge on any atom is -0.537 e. The number of carbonyl (C=O) groups is 3. The maximum Gasteiger partial charge on any atom is 0.569 e. The number of benzene rings is 4. The lowest BCUT2D eigenvalue weighted by Gasteiger charge is -2.37. The first kappa shape index (κ1) is 38.5. The molecular formula is C46H51BN5O5. The number of allylic oxidation sites excluding steroid dienone is 1. The monoisotopic (exact) mass is 764 g/mol. The Morgan fingerprint density at radius 3 is 2.11 bits per heavy atom. The highest BCUT2D eigenvalue weighted by atomic mass is 16.5. The molecule has 0 aromatic heterocycles. The van der Waals surface area contributed by atoms with Gasteiger partial charge in [0.25, 0.3) is 5.91 Å². The molecule has 1 unspecified atom stereocenters. The predicted molar refractivity (Wildman–Crippen MR) is 225 cm³/mol. The predicted octanol–water partition coefficient (Wildman–Crippen LogP) is 6.20. The molecular weight excluding hydrogens is 713 g/mol. The van der Waals surface area contributed by atoms with Gasteiger partial charge in [0.15, 0.2) is 0 Å². The number of imide groups is 1. The van der Waals surface area contributed by atoms with Crippen LogP contribution in [-0.4, -0.2) is 80.1 Å². The van der Waals surface area contributed by atoms with Crippen LogP contribution >= 0.6 is 0 Å². The summed E-state index contributed by atoms with van der Waals surface area (Å²) in [5, 5.41) is 15.4. The van der Waals surface area contributed by atoms with E-state index < -0.39 is 6.04 Å². The Labute approximate surface area is 336 Å². The number of nitrogens with one attached hydrogen (secondary N) is 2. The number of amides is 3. The van der Waals surface area contributed by atoms with Gasteiger partial charge in [0.1, 0.15) is 11.8 Å². The second-order valence-corrected chi connectivity index (χ2v) is 15.7. The van der Waals surface area contributed by atoms with Gasteiger partial charge in [0, 0.05) is 62.1 Å². The van der Waals surface area contributed by atoms with E-state index in [4.69, 9.17) is 9.68 Å². The number of piperidine rings is 3. The van der Waals surface area contributed by atoms with Gasteiger partial charge < -0.3 is 29.7 Å². The van der Waals surface area contributed by atoms with Crippen LogP contribution in [0, 0.1) is 5.92 Å². The molecule has 4 aromatic rings. The lowest BCUT2D eigenvalue weighted by molar-refractivity contribution is -0.136. The van der Waals surface area contributed by atoms with Crippen LogP contribution in [0.5, 0.6) is 5.75 Å². The summed E-state index contributed by atoms with van der Waals surface area (Å²) < 4.78 is 5.19. The minimum absolute atomic E-state index is 0.121. The zero-order valence-corrected chi connectivity index (χ0v) is 32.7. The Morgan fingerprint density at radius 2 is 1.44 bits per heavy atom. The van der Waals surface area contributed by atoms with E-state index in [1.54, 1.807) is 4.90 Å². The summed E-state index contributed by atoms with van der Waals surface area (Å²) in [6, 6.07) is 33.5. The zero-order valence-electron chi connectivity index (χ0n) is 32.7. The van der Waals surface area contributed by atoms with Gasteiger partial charge in [-0.25, -0.2) is 0 Å². The van der Waals surface area contributed by atoms with E-state index in [1.807, 2.05) is 24.3 Å². The average molecular weight is 765 g/mol. The molecule has 4 heterocycles. The topological polar surface area (TPSA) is 114 Å². The summed E-state index contributed by atoms with van der Waals surface area (Å²) >= 11 is 0. The van der Waals surface area contributed by atoms with Crippen molar-refractivity contribution >= 4 is 47.9 Å². The van der Waals surface area contributed by atoms with Crippen LogP contribution in [-0.2, 0) is 16.1 Å². The lowest BCUT2D eigenvalue weighted by atomic mass is 9.88. The largest absolute Gasteiger partial charge is 0.569 e. The summed E-state index contributed by atoms with van der Waals surface area (Å²) in [6.45, 7) is 7.59. The van der Waals surface area contributed by atoms with Crippen LogP contribution < -0.4 is 25.1 Å². The molecule has 57 heavy (non-hydrogen) atoms. The van der Waals surface area contributed by atoms with Gasteiger partial charge in [-0.1, -0.05) is 67.6 Å². The highest BCUT2D eigenvalue weighted by molar-refractivity contribution is 6.17. The standard InChI is InChI=1S/C46H51BN5O5/c1-2-40(32-6-4-3-5-7-32)44(34-11-16-39(17-12-34)57-47-56)33-8-13-37(14-9-33)50-24-20-31(21-25-50)29-48-36-22-26-51(27-23-36)38-15-10-35-30-52(46(55)41(35)28-38)42-18-19-43(53)49-45(42)54/h3-17,28,31,36,42,48,56H,2,18-27,29-30H2,1H3,(H,49,53,54)/b44-40-. The van der Waals surface area contributed by atoms with Gasteiger partial charge in [-0.2, -0.15) is 0 Å². The Balaban J connectivity index is 0.830. The maximum atomic E-state index is 13.4. The Morgan fingerprint density at radius 1 is 0.789 bits per heavy atom. The van der Waals surface area contributed by atoms with Crippen LogP contribution in [0.4, 0.5) is 11.4 Å². The zero-order chi connectivity index (χ0) is 39.3. The Kier molecular flexibility index (Phi) is 11.8. The third-order valence-corrected chi connectivity index (χ3v) is 12.3. The van der Waals surface area contributed by atoms with E-state index in [1.165, 1.54) is 28.0 Å². The van der Waals surface area contributed by atoms with Crippen LogP contribution in [0.3, 0.4) is 0 Å². The van der Waals surface area contributed by atoms with E-state index in [2.05, 4.69) is 100 Å². The smallest absolute Gasteiger partial charge is 0.537 e. The molecule has 3 amide bonds. The number of rotatable bonds is 12. The van der Waals surface area contributed by atoms with Gasteiger partial charge in [-0.15, -0.1) is 0 Å². The normalized spacial score (nSPS) is 19.6. The summed E-state index contributed by atoms with van der Waals surface area (Å²) in [6.07, 6.45) is 5.94. The fraction of sp³-hybridized carbons (Fsp3) is 0.370. The van der Waals surface area contributed by atoms with Crippen molar-refractivity contribution in [3.05, 3.63) is 125 Å². The van der Waals surface area contributed by atoms with Crippen molar-refractivity contribution in [2.45, 2.75) is 70.5 Å². The first-order valence-electron chi connectivity index (χ1n) is 20.5. The molecule has 293 valence electrons. The van der Waals surface area contributed by atoms with Crippen molar-refractivity contribution in [3.63, 3.8) is 0 Å². The Bertz CT molecular complexity index is 2090. The van der Waals surface area contributed by atoms with E-state index in [0.717, 1.165) is 81.6 Å². The summed E-state index contributed by atoms with van der Waals surface area (Å²) in [4.78, 5) is 43.9. The van der Waals surface area contributed by atoms with Crippen molar-refractivity contribution < 1.29 is 24.1 Å².